The number of hydrogen-bond donors (Lipinski definition) is 8. The van der Waals surface area contributed by atoms with E-state index in [2.05, 4.69) is 20.9 Å². The Morgan fingerprint density at radius 1 is 0.882 bits per heavy atom. The summed E-state index contributed by atoms with van der Waals surface area (Å²) >= 11 is 0. The largest absolute Gasteiger partial charge is 0.480 e. The predicted molar refractivity (Wildman–Crippen MR) is 125 cm³/mol. The molecule has 5 unspecified atom stereocenters. The van der Waals surface area contributed by atoms with Crippen molar-refractivity contribution < 1.29 is 29.1 Å². The maximum absolute atomic E-state index is 12.9. The molecule has 0 aromatic heterocycles. The topological polar surface area (TPSA) is 258 Å². The Labute approximate surface area is 198 Å². The van der Waals surface area contributed by atoms with Gasteiger partial charge in [-0.25, -0.2) is 4.79 Å². The van der Waals surface area contributed by atoms with Crippen molar-refractivity contribution in [1.29, 1.82) is 0 Å². The van der Waals surface area contributed by atoms with E-state index < -0.39 is 53.8 Å². The van der Waals surface area contributed by atoms with Gasteiger partial charge in [-0.05, 0) is 32.1 Å². The second kappa shape index (κ2) is 15.4. The summed E-state index contributed by atoms with van der Waals surface area (Å²) in [5, 5.41) is 16.9. The van der Waals surface area contributed by atoms with Gasteiger partial charge in [-0.15, -0.1) is 0 Å². The Morgan fingerprint density at radius 3 is 1.94 bits per heavy atom. The molecular formula is C20H38N8O6. The standard InChI is InChI=1S/C20H38N8O6/c1-4-10(2)15(18(32)27-13(19(33)34)6-5-9-25-20(23)24)28-17(31)12(7-8-14(22)29)26-16(30)11(3)21/h10-13,15H,4-9,21H2,1-3H3,(H2,22,29)(H,26,30)(H,27,32)(H,28,31)(H,33,34)(H4,23,24,25). The SMILES string of the molecule is CCC(C)C(NC(=O)C(CCC(N)=O)NC(=O)C(C)N)C(=O)NC(CCCN=C(N)N)C(=O)O. The van der Waals surface area contributed by atoms with Crippen LogP contribution in [0.1, 0.15) is 52.9 Å². The van der Waals surface area contributed by atoms with Crippen molar-refractivity contribution in [2.75, 3.05) is 6.54 Å². The smallest absolute Gasteiger partial charge is 0.326 e. The molecule has 34 heavy (non-hydrogen) atoms. The molecule has 0 aromatic carbocycles. The Bertz CT molecular complexity index is 753. The molecule has 0 aliphatic heterocycles. The van der Waals surface area contributed by atoms with Crippen molar-refractivity contribution >= 4 is 35.6 Å². The van der Waals surface area contributed by atoms with Crippen LogP contribution in [0.4, 0.5) is 0 Å². The number of rotatable bonds is 16. The summed E-state index contributed by atoms with van der Waals surface area (Å²) in [4.78, 5) is 64.3. The third-order valence-corrected chi connectivity index (χ3v) is 5.08. The first-order valence-corrected chi connectivity index (χ1v) is 11.0. The minimum absolute atomic E-state index is 0.0602. The number of aliphatic imine (C=N–C) groups is 1. The summed E-state index contributed by atoms with van der Waals surface area (Å²) in [6, 6.07) is -4.40. The van der Waals surface area contributed by atoms with E-state index in [1.807, 2.05) is 0 Å². The monoisotopic (exact) mass is 486 g/mol. The number of aliphatic carboxylic acids is 1. The highest BCUT2D eigenvalue weighted by Crippen LogP contribution is 2.11. The van der Waals surface area contributed by atoms with Gasteiger partial charge in [-0.1, -0.05) is 20.3 Å². The molecule has 12 N–H and O–H groups in total. The fourth-order valence-corrected chi connectivity index (χ4v) is 2.84. The number of carbonyl (C=O) groups is 5. The predicted octanol–water partition coefficient (Wildman–Crippen LogP) is -2.76. The molecule has 0 spiro atoms. The van der Waals surface area contributed by atoms with Crippen molar-refractivity contribution in [3.05, 3.63) is 0 Å². The molecule has 0 saturated heterocycles. The van der Waals surface area contributed by atoms with Gasteiger partial charge in [0.25, 0.3) is 0 Å². The summed E-state index contributed by atoms with van der Waals surface area (Å²) < 4.78 is 0. The lowest BCUT2D eigenvalue weighted by Crippen LogP contribution is -2.58. The highest BCUT2D eigenvalue weighted by atomic mass is 16.4. The maximum atomic E-state index is 12.9. The van der Waals surface area contributed by atoms with Gasteiger partial charge in [-0.3, -0.25) is 24.2 Å². The average Bonchev–Trinajstić information content (AvgIpc) is 2.75. The van der Waals surface area contributed by atoms with E-state index in [0.717, 1.165) is 0 Å². The zero-order chi connectivity index (χ0) is 26.4. The molecular weight excluding hydrogens is 448 g/mol. The van der Waals surface area contributed by atoms with Crippen LogP contribution in [0.2, 0.25) is 0 Å². The van der Waals surface area contributed by atoms with Crippen LogP contribution < -0.4 is 38.9 Å². The molecule has 4 amide bonds. The van der Waals surface area contributed by atoms with E-state index in [4.69, 9.17) is 22.9 Å². The molecule has 0 heterocycles. The number of hydrogen-bond acceptors (Lipinski definition) is 7. The first-order valence-electron chi connectivity index (χ1n) is 11.0. The van der Waals surface area contributed by atoms with E-state index in [-0.39, 0.29) is 37.7 Å². The zero-order valence-electron chi connectivity index (χ0n) is 19.9. The number of carboxylic acid groups (broad SMARTS) is 1. The molecule has 0 aliphatic carbocycles. The quantitative estimate of drug-likeness (QED) is 0.0637. The summed E-state index contributed by atoms with van der Waals surface area (Å²) in [7, 11) is 0. The van der Waals surface area contributed by atoms with Gasteiger partial charge in [0.05, 0.1) is 6.04 Å². The number of primary amides is 1. The molecule has 0 fully saturated rings. The van der Waals surface area contributed by atoms with Crippen LogP contribution in [-0.2, 0) is 24.0 Å². The molecule has 5 atom stereocenters. The molecule has 194 valence electrons. The van der Waals surface area contributed by atoms with Crippen molar-refractivity contribution in [3.63, 3.8) is 0 Å². The van der Waals surface area contributed by atoms with E-state index in [1.54, 1.807) is 13.8 Å². The molecule has 0 aliphatic rings. The van der Waals surface area contributed by atoms with E-state index in [9.17, 15) is 29.1 Å². The van der Waals surface area contributed by atoms with Gasteiger partial charge >= 0.3 is 5.97 Å². The number of nitrogens with zero attached hydrogens (tertiary/aromatic N) is 1. The second-order valence-corrected chi connectivity index (χ2v) is 8.07. The molecule has 0 aromatic rings. The van der Waals surface area contributed by atoms with Crippen LogP contribution in [0.3, 0.4) is 0 Å². The van der Waals surface area contributed by atoms with Crippen molar-refractivity contribution in [2.24, 2.45) is 33.8 Å². The normalized spacial score (nSPS) is 15.1. The van der Waals surface area contributed by atoms with Crippen LogP contribution in [0, 0.1) is 5.92 Å². The van der Waals surface area contributed by atoms with E-state index in [1.165, 1.54) is 6.92 Å². The van der Waals surface area contributed by atoms with Crippen LogP contribution in [0.25, 0.3) is 0 Å². The van der Waals surface area contributed by atoms with E-state index in [0.29, 0.717) is 12.8 Å². The van der Waals surface area contributed by atoms with Crippen molar-refractivity contribution in [1.82, 2.24) is 16.0 Å². The highest BCUT2D eigenvalue weighted by molar-refractivity contribution is 5.94. The van der Waals surface area contributed by atoms with Gasteiger partial charge in [0.2, 0.25) is 23.6 Å². The number of nitrogens with one attached hydrogen (secondary N) is 3. The lowest BCUT2D eigenvalue weighted by molar-refractivity contribution is -0.143. The van der Waals surface area contributed by atoms with E-state index >= 15 is 0 Å². The Hall–Kier alpha value is -3.42. The Morgan fingerprint density at radius 2 is 1.47 bits per heavy atom. The third-order valence-electron chi connectivity index (χ3n) is 5.08. The van der Waals surface area contributed by atoms with Gasteiger partial charge < -0.3 is 44.0 Å². The summed E-state index contributed by atoms with van der Waals surface area (Å²) in [6.07, 6.45) is 0.558. The highest BCUT2D eigenvalue weighted by Gasteiger charge is 2.32. The van der Waals surface area contributed by atoms with Gasteiger partial charge in [0.1, 0.15) is 18.1 Å². The average molecular weight is 487 g/mol. The first kappa shape index (κ1) is 30.6. The minimum Gasteiger partial charge on any atom is -0.480 e. The molecule has 14 nitrogen and oxygen atoms in total. The number of guanidine groups is 1. The van der Waals surface area contributed by atoms with Crippen LogP contribution in [0.15, 0.2) is 4.99 Å². The molecule has 0 rings (SSSR count). The van der Waals surface area contributed by atoms with Crippen molar-refractivity contribution in [3.8, 4) is 0 Å². The van der Waals surface area contributed by atoms with Crippen LogP contribution in [-0.4, -0.2) is 71.4 Å². The number of nitrogens with two attached hydrogens (primary N) is 4. The Balaban J connectivity index is 5.47. The number of amides is 4. The number of carboxylic acids is 1. The molecule has 0 bridgehead atoms. The van der Waals surface area contributed by atoms with Gasteiger partial charge in [0, 0.05) is 13.0 Å². The maximum Gasteiger partial charge on any atom is 0.326 e. The van der Waals surface area contributed by atoms with Crippen LogP contribution >= 0.6 is 0 Å². The first-order chi connectivity index (χ1) is 15.8. The summed E-state index contributed by atoms with van der Waals surface area (Å²) in [6.45, 7) is 5.11. The second-order valence-electron chi connectivity index (χ2n) is 8.07. The lowest BCUT2D eigenvalue weighted by Gasteiger charge is -2.28. The summed E-state index contributed by atoms with van der Waals surface area (Å²) in [5.74, 6) is -4.48. The molecule has 0 radical (unpaired) electrons. The number of carbonyl (C=O) groups excluding carboxylic acids is 4. The van der Waals surface area contributed by atoms with Gasteiger partial charge in [0.15, 0.2) is 5.96 Å². The molecule has 0 saturated carbocycles. The van der Waals surface area contributed by atoms with Gasteiger partial charge in [-0.2, -0.15) is 0 Å². The lowest BCUT2D eigenvalue weighted by atomic mass is 9.96. The fourth-order valence-electron chi connectivity index (χ4n) is 2.84. The molecule has 14 heteroatoms. The zero-order valence-corrected chi connectivity index (χ0v) is 19.9. The minimum atomic E-state index is -1.25. The third kappa shape index (κ3) is 12.0. The van der Waals surface area contributed by atoms with Crippen LogP contribution in [0.5, 0.6) is 0 Å². The Kier molecular flexibility index (Phi) is 13.9. The fraction of sp³-hybridized carbons (Fsp3) is 0.700. The van der Waals surface area contributed by atoms with Crippen molar-refractivity contribution in [2.45, 2.75) is 77.0 Å². The summed E-state index contributed by atoms with van der Waals surface area (Å²) in [5.41, 5.74) is 21.2.